The predicted octanol–water partition coefficient (Wildman–Crippen LogP) is 6.70. The average Bonchev–Trinajstić information content (AvgIpc) is 3.41. The molecule has 1 amide bonds. The van der Waals surface area contributed by atoms with Crippen LogP contribution < -0.4 is 0 Å². The maximum atomic E-state index is 14.6. The van der Waals surface area contributed by atoms with Crippen molar-refractivity contribution in [1.82, 2.24) is 24.3 Å². The molecule has 252 valence electrons. The third kappa shape index (κ3) is 8.22. The van der Waals surface area contributed by atoms with E-state index in [4.69, 9.17) is 4.74 Å². The summed E-state index contributed by atoms with van der Waals surface area (Å²) in [5, 5.41) is 0.798. The second-order valence-corrected chi connectivity index (χ2v) is 13.8. The molecule has 0 radical (unpaired) electrons. The topological polar surface area (TPSA) is 70.9 Å². The SMILES string of the molecule is COCCN(C)CCC[C@H](C(C)C)N1CCC(C(=O)c2cn(-c3ccc(F)cc3C(=O)N(C(C)C)C(C)C)c3cnccc23)CC1. The van der Waals surface area contributed by atoms with Crippen molar-refractivity contribution < 1.29 is 18.7 Å². The number of likely N-dealkylation sites (tertiary alicyclic amines) is 1. The second-order valence-electron chi connectivity index (χ2n) is 13.8. The first-order valence-corrected chi connectivity index (χ1v) is 17.0. The fraction of sp³-hybridized carbons (Fsp3) is 0.595. The third-order valence-electron chi connectivity index (χ3n) is 9.52. The Morgan fingerprint density at radius 2 is 1.72 bits per heavy atom. The molecule has 0 unspecified atom stereocenters. The van der Waals surface area contributed by atoms with Gasteiger partial charge in [-0.05, 0) is 110 Å². The van der Waals surface area contributed by atoms with Gasteiger partial charge in [0.2, 0.25) is 0 Å². The van der Waals surface area contributed by atoms with Crippen LogP contribution in [0.4, 0.5) is 4.39 Å². The van der Waals surface area contributed by atoms with Crippen LogP contribution in [0.2, 0.25) is 0 Å². The first-order valence-electron chi connectivity index (χ1n) is 17.0. The molecule has 8 nitrogen and oxygen atoms in total. The van der Waals surface area contributed by atoms with E-state index in [1.165, 1.54) is 12.1 Å². The molecule has 2 aromatic heterocycles. The molecule has 0 N–H and O–H groups in total. The molecule has 1 saturated heterocycles. The van der Waals surface area contributed by atoms with E-state index in [1.54, 1.807) is 30.5 Å². The Labute approximate surface area is 274 Å². The number of carbonyl (C=O) groups excluding carboxylic acids is 2. The summed E-state index contributed by atoms with van der Waals surface area (Å²) in [6.07, 6.45) is 9.14. The molecule has 3 heterocycles. The van der Waals surface area contributed by atoms with Crippen LogP contribution in [0.1, 0.15) is 87.9 Å². The molecule has 0 spiro atoms. The number of methoxy groups -OCH3 is 1. The summed E-state index contributed by atoms with van der Waals surface area (Å²) in [6.45, 7) is 17.0. The standard InChI is InChI=1S/C37H54FN5O3/c1-25(2)33(10-9-17-40(7)20-21-46-8)41-18-14-28(15-19-41)36(44)32-24-42(35-23-39-16-13-30(32)35)34-12-11-29(38)22-31(34)37(45)43(26(3)4)27(5)6/h11-13,16,22-28,33H,9-10,14-15,17-21H2,1-8H3/t33-/m1/s1. The molecular formula is C37H54FN5O3. The van der Waals surface area contributed by atoms with Crippen LogP contribution in [0.5, 0.6) is 0 Å². The Kier molecular flexibility index (Phi) is 12.5. The number of hydrogen-bond acceptors (Lipinski definition) is 6. The van der Waals surface area contributed by atoms with Crippen LogP contribution >= 0.6 is 0 Å². The summed E-state index contributed by atoms with van der Waals surface area (Å²) in [6, 6.07) is 6.53. The number of benzene rings is 1. The zero-order valence-electron chi connectivity index (χ0n) is 29.1. The first-order chi connectivity index (χ1) is 21.9. The lowest BCUT2D eigenvalue weighted by Gasteiger charge is -2.39. The molecule has 1 aromatic carbocycles. The van der Waals surface area contributed by atoms with E-state index in [9.17, 15) is 14.0 Å². The Hall–Kier alpha value is -3.14. The normalized spacial score (nSPS) is 15.5. The number of ketones is 1. The minimum absolute atomic E-state index is 0.0628. The molecule has 4 rings (SSSR count). The molecule has 1 atom stereocenters. The lowest BCUT2D eigenvalue weighted by Crippen LogP contribution is -2.45. The molecule has 3 aromatic rings. The van der Waals surface area contributed by atoms with Crippen molar-refractivity contribution in [3.8, 4) is 5.69 Å². The number of ether oxygens (including phenoxy) is 1. The molecule has 0 aliphatic carbocycles. The van der Waals surface area contributed by atoms with E-state index in [0.717, 1.165) is 69.4 Å². The van der Waals surface area contributed by atoms with E-state index in [-0.39, 0.29) is 35.3 Å². The number of aromatic nitrogens is 2. The zero-order valence-corrected chi connectivity index (χ0v) is 29.1. The molecule has 0 saturated carbocycles. The number of amides is 1. The van der Waals surface area contributed by atoms with Gasteiger partial charge in [0.25, 0.3) is 5.91 Å². The number of Topliss-reactive ketones (excluding diaryl/α,β-unsaturated/α-hetero) is 1. The molecule has 0 bridgehead atoms. The second kappa shape index (κ2) is 16.1. The Bertz CT molecular complexity index is 1450. The average molecular weight is 636 g/mol. The van der Waals surface area contributed by atoms with Crippen molar-refractivity contribution in [2.75, 3.05) is 46.9 Å². The van der Waals surface area contributed by atoms with Gasteiger partial charge in [-0.1, -0.05) is 13.8 Å². The van der Waals surface area contributed by atoms with Gasteiger partial charge in [0.15, 0.2) is 5.78 Å². The van der Waals surface area contributed by atoms with Gasteiger partial charge in [-0.25, -0.2) is 4.39 Å². The maximum absolute atomic E-state index is 14.6. The Balaban J connectivity index is 1.55. The highest BCUT2D eigenvalue weighted by Crippen LogP contribution is 2.32. The number of likely N-dealkylation sites (N-methyl/N-ethyl adjacent to an activating group) is 1. The van der Waals surface area contributed by atoms with E-state index in [2.05, 4.69) is 35.7 Å². The van der Waals surface area contributed by atoms with Crippen LogP contribution in [0.25, 0.3) is 16.6 Å². The van der Waals surface area contributed by atoms with Gasteiger partial charge in [-0.15, -0.1) is 0 Å². The number of rotatable bonds is 15. The highest BCUT2D eigenvalue weighted by atomic mass is 19.1. The van der Waals surface area contributed by atoms with E-state index < -0.39 is 5.82 Å². The lowest BCUT2D eigenvalue weighted by atomic mass is 9.86. The fourth-order valence-electron chi connectivity index (χ4n) is 7.14. The number of halogens is 1. The van der Waals surface area contributed by atoms with Crippen molar-refractivity contribution in [2.45, 2.75) is 85.4 Å². The van der Waals surface area contributed by atoms with Crippen molar-refractivity contribution >= 4 is 22.6 Å². The van der Waals surface area contributed by atoms with Crippen molar-refractivity contribution in [2.24, 2.45) is 11.8 Å². The van der Waals surface area contributed by atoms with Crippen LogP contribution in [0.15, 0.2) is 42.9 Å². The van der Waals surface area contributed by atoms with Gasteiger partial charge in [0.05, 0.1) is 29.6 Å². The summed E-state index contributed by atoms with van der Waals surface area (Å²) in [4.78, 5) is 39.0. The van der Waals surface area contributed by atoms with Crippen LogP contribution in [0.3, 0.4) is 0 Å². The number of piperidine rings is 1. The summed E-state index contributed by atoms with van der Waals surface area (Å²) >= 11 is 0. The maximum Gasteiger partial charge on any atom is 0.256 e. The molecule has 46 heavy (non-hydrogen) atoms. The van der Waals surface area contributed by atoms with E-state index in [1.807, 2.05) is 44.5 Å². The van der Waals surface area contributed by atoms with Gasteiger partial charge in [-0.2, -0.15) is 0 Å². The van der Waals surface area contributed by atoms with E-state index in [0.29, 0.717) is 23.2 Å². The summed E-state index contributed by atoms with van der Waals surface area (Å²) in [5.41, 5.74) is 2.15. The number of fused-ring (bicyclic) bond motifs is 1. The monoisotopic (exact) mass is 635 g/mol. The molecule has 1 aliphatic heterocycles. The number of carbonyl (C=O) groups is 2. The molecule has 1 aliphatic rings. The number of nitrogens with zero attached hydrogens (tertiary/aromatic N) is 5. The zero-order chi connectivity index (χ0) is 33.5. The fourth-order valence-corrected chi connectivity index (χ4v) is 7.14. The smallest absolute Gasteiger partial charge is 0.256 e. The highest BCUT2D eigenvalue weighted by Gasteiger charge is 2.32. The minimum Gasteiger partial charge on any atom is -0.383 e. The first kappa shape index (κ1) is 35.7. The van der Waals surface area contributed by atoms with Crippen LogP contribution in [-0.2, 0) is 4.74 Å². The number of pyridine rings is 1. The minimum atomic E-state index is -0.477. The summed E-state index contributed by atoms with van der Waals surface area (Å²) in [5.74, 6) is -0.140. The van der Waals surface area contributed by atoms with Gasteiger partial charge >= 0.3 is 0 Å². The Morgan fingerprint density at radius 3 is 2.35 bits per heavy atom. The Morgan fingerprint density at radius 1 is 1.02 bits per heavy atom. The summed E-state index contributed by atoms with van der Waals surface area (Å²) in [7, 11) is 3.89. The lowest BCUT2D eigenvalue weighted by molar-refractivity contribution is 0.0643. The molecule has 1 fully saturated rings. The van der Waals surface area contributed by atoms with Crippen molar-refractivity contribution in [3.63, 3.8) is 0 Å². The largest absolute Gasteiger partial charge is 0.383 e. The van der Waals surface area contributed by atoms with Crippen LogP contribution in [0, 0.1) is 17.7 Å². The highest BCUT2D eigenvalue weighted by molar-refractivity contribution is 6.10. The predicted molar refractivity (Wildman–Crippen MR) is 183 cm³/mol. The number of hydrogen-bond donors (Lipinski definition) is 0. The van der Waals surface area contributed by atoms with Gasteiger partial charge in [-0.3, -0.25) is 14.6 Å². The van der Waals surface area contributed by atoms with Crippen molar-refractivity contribution in [1.29, 1.82) is 0 Å². The molecular weight excluding hydrogens is 581 g/mol. The summed E-state index contributed by atoms with van der Waals surface area (Å²) < 4.78 is 21.7. The van der Waals surface area contributed by atoms with Crippen LogP contribution in [-0.4, -0.2) is 101 Å². The molecule has 9 heteroatoms. The quantitative estimate of drug-likeness (QED) is 0.173. The van der Waals surface area contributed by atoms with E-state index >= 15 is 0 Å². The van der Waals surface area contributed by atoms with Gasteiger partial charge < -0.3 is 24.0 Å². The van der Waals surface area contributed by atoms with Gasteiger partial charge in [0.1, 0.15) is 5.82 Å². The van der Waals surface area contributed by atoms with Gasteiger partial charge in [0, 0.05) is 61.0 Å². The van der Waals surface area contributed by atoms with Crippen molar-refractivity contribution in [3.05, 3.63) is 59.8 Å². The third-order valence-corrected chi connectivity index (χ3v) is 9.52.